The highest BCUT2D eigenvalue weighted by molar-refractivity contribution is 7.71. The summed E-state index contributed by atoms with van der Waals surface area (Å²) in [5.74, 6) is 0.752. The zero-order chi connectivity index (χ0) is 11.7. The van der Waals surface area contributed by atoms with Crippen molar-refractivity contribution >= 4 is 23.1 Å². The number of nitrogens with zero attached hydrogens (tertiary/aromatic N) is 2. The summed E-state index contributed by atoms with van der Waals surface area (Å²) in [6, 6.07) is 11.7. The quantitative estimate of drug-likeness (QED) is 0.662. The minimum atomic E-state index is 0.609. The van der Waals surface area contributed by atoms with E-state index in [1.165, 1.54) is 0 Å². The highest BCUT2D eigenvalue weighted by Gasteiger charge is 2.02. The molecule has 1 aromatic carbocycles. The molecule has 0 radical (unpaired) electrons. The van der Waals surface area contributed by atoms with Gasteiger partial charge in [0.25, 0.3) is 0 Å². The monoisotopic (exact) mass is 239 g/mol. The summed E-state index contributed by atoms with van der Waals surface area (Å²) < 4.78 is 0.609. The summed E-state index contributed by atoms with van der Waals surface area (Å²) >= 11 is 5.29. The van der Waals surface area contributed by atoms with Gasteiger partial charge in [0.15, 0.2) is 0 Å². The molecule has 0 atom stereocenters. The first-order valence-corrected chi connectivity index (χ1v) is 5.65. The molecule has 0 spiro atoms. The van der Waals surface area contributed by atoms with E-state index in [9.17, 15) is 0 Å². The van der Waals surface area contributed by atoms with E-state index in [1.54, 1.807) is 12.4 Å². The largest absolute Gasteiger partial charge is 0.339 e. The standard InChI is InChI=1S/C13H9N3S/c17-13-10-5-1-2-6-11(10)15-12(16-13)9-4-3-7-14-8-9/h1-8H,(H,15,16,17). The van der Waals surface area contributed by atoms with Crippen LogP contribution >= 0.6 is 12.2 Å². The fourth-order valence-corrected chi connectivity index (χ4v) is 2.00. The van der Waals surface area contributed by atoms with Crippen LogP contribution in [0.4, 0.5) is 0 Å². The van der Waals surface area contributed by atoms with Gasteiger partial charge in [-0.15, -0.1) is 0 Å². The van der Waals surface area contributed by atoms with Crippen LogP contribution in [0.15, 0.2) is 48.8 Å². The number of rotatable bonds is 1. The van der Waals surface area contributed by atoms with Crippen LogP contribution in [0.3, 0.4) is 0 Å². The fourth-order valence-electron chi connectivity index (χ4n) is 1.74. The van der Waals surface area contributed by atoms with Crippen molar-refractivity contribution in [3.8, 4) is 11.4 Å². The summed E-state index contributed by atoms with van der Waals surface area (Å²) in [5.41, 5.74) is 1.93. The Morgan fingerprint density at radius 2 is 1.94 bits per heavy atom. The molecule has 3 rings (SSSR count). The number of hydrogen-bond acceptors (Lipinski definition) is 3. The van der Waals surface area contributed by atoms with Crippen molar-refractivity contribution < 1.29 is 0 Å². The second kappa shape index (κ2) is 4.07. The van der Waals surface area contributed by atoms with Crippen molar-refractivity contribution in [3.05, 3.63) is 53.4 Å². The molecule has 3 aromatic rings. The van der Waals surface area contributed by atoms with Crippen LogP contribution < -0.4 is 0 Å². The first-order chi connectivity index (χ1) is 8.34. The molecular formula is C13H9N3S. The van der Waals surface area contributed by atoms with Gasteiger partial charge in [0, 0.05) is 28.9 Å². The van der Waals surface area contributed by atoms with Gasteiger partial charge in [-0.2, -0.15) is 0 Å². The van der Waals surface area contributed by atoms with E-state index in [2.05, 4.69) is 15.0 Å². The summed E-state index contributed by atoms with van der Waals surface area (Å²) in [4.78, 5) is 11.7. The number of nitrogens with one attached hydrogen (secondary N) is 1. The van der Waals surface area contributed by atoms with Gasteiger partial charge < -0.3 is 4.98 Å². The van der Waals surface area contributed by atoms with Crippen LogP contribution in [0.1, 0.15) is 0 Å². The van der Waals surface area contributed by atoms with Crippen LogP contribution in [-0.4, -0.2) is 15.0 Å². The SMILES string of the molecule is S=c1nc(-c2cccnc2)[nH]c2ccccc12. The number of para-hydroxylation sites is 1. The van der Waals surface area contributed by atoms with E-state index >= 15 is 0 Å². The van der Waals surface area contributed by atoms with Gasteiger partial charge in [0.1, 0.15) is 10.5 Å². The third-order valence-electron chi connectivity index (χ3n) is 2.56. The molecule has 1 N–H and O–H groups in total. The Morgan fingerprint density at radius 1 is 1.06 bits per heavy atom. The van der Waals surface area contributed by atoms with E-state index in [0.29, 0.717) is 4.64 Å². The van der Waals surface area contributed by atoms with Gasteiger partial charge in [-0.25, -0.2) is 4.98 Å². The van der Waals surface area contributed by atoms with Crippen molar-refractivity contribution in [1.82, 2.24) is 15.0 Å². The lowest BCUT2D eigenvalue weighted by molar-refractivity contribution is 1.19. The number of hydrogen-bond donors (Lipinski definition) is 1. The van der Waals surface area contributed by atoms with Gasteiger partial charge >= 0.3 is 0 Å². The molecular weight excluding hydrogens is 230 g/mol. The topological polar surface area (TPSA) is 41.6 Å². The highest BCUT2D eigenvalue weighted by Crippen LogP contribution is 2.18. The predicted molar refractivity (Wildman–Crippen MR) is 70.2 cm³/mol. The van der Waals surface area contributed by atoms with Crippen LogP contribution in [0.5, 0.6) is 0 Å². The summed E-state index contributed by atoms with van der Waals surface area (Å²) in [6.07, 6.45) is 3.50. The smallest absolute Gasteiger partial charge is 0.140 e. The second-order valence-electron chi connectivity index (χ2n) is 3.68. The van der Waals surface area contributed by atoms with Crippen molar-refractivity contribution in [2.24, 2.45) is 0 Å². The number of aromatic amines is 1. The zero-order valence-corrected chi connectivity index (χ0v) is 9.74. The van der Waals surface area contributed by atoms with Gasteiger partial charge in [0.2, 0.25) is 0 Å². The van der Waals surface area contributed by atoms with Crippen molar-refractivity contribution in [1.29, 1.82) is 0 Å². The molecule has 17 heavy (non-hydrogen) atoms. The highest BCUT2D eigenvalue weighted by atomic mass is 32.1. The van der Waals surface area contributed by atoms with Crippen LogP contribution in [0.2, 0.25) is 0 Å². The fraction of sp³-hybridized carbons (Fsp3) is 0. The minimum Gasteiger partial charge on any atom is -0.339 e. The lowest BCUT2D eigenvalue weighted by Crippen LogP contribution is -1.91. The third kappa shape index (κ3) is 1.83. The van der Waals surface area contributed by atoms with Crippen molar-refractivity contribution in [2.45, 2.75) is 0 Å². The molecule has 0 bridgehead atoms. The number of H-pyrrole nitrogens is 1. The Kier molecular flexibility index (Phi) is 2.42. The Hall–Kier alpha value is -2.07. The van der Waals surface area contributed by atoms with Crippen LogP contribution in [0, 0.1) is 4.64 Å². The van der Waals surface area contributed by atoms with Gasteiger partial charge in [-0.3, -0.25) is 4.98 Å². The molecule has 0 saturated heterocycles. The minimum absolute atomic E-state index is 0.609. The van der Waals surface area contributed by atoms with E-state index < -0.39 is 0 Å². The zero-order valence-electron chi connectivity index (χ0n) is 8.92. The molecule has 82 valence electrons. The molecule has 0 unspecified atom stereocenters. The van der Waals surface area contributed by atoms with E-state index in [-0.39, 0.29) is 0 Å². The Bertz CT molecular complexity index is 719. The van der Waals surface area contributed by atoms with E-state index in [1.807, 2.05) is 36.4 Å². The van der Waals surface area contributed by atoms with Crippen LogP contribution in [-0.2, 0) is 0 Å². The summed E-state index contributed by atoms with van der Waals surface area (Å²) in [7, 11) is 0. The molecule has 0 aliphatic carbocycles. The van der Waals surface area contributed by atoms with Gasteiger partial charge in [-0.1, -0.05) is 24.4 Å². The number of fused-ring (bicyclic) bond motifs is 1. The van der Waals surface area contributed by atoms with Gasteiger partial charge in [0.05, 0.1) is 0 Å². The Balaban J connectivity index is 2.30. The van der Waals surface area contributed by atoms with E-state index in [4.69, 9.17) is 12.2 Å². The van der Waals surface area contributed by atoms with Crippen molar-refractivity contribution in [3.63, 3.8) is 0 Å². The predicted octanol–water partition coefficient (Wildman–Crippen LogP) is 3.35. The first kappa shape index (κ1) is 10.1. The molecule has 2 aromatic heterocycles. The maximum atomic E-state index is 5.29. The number of benzene rings is 1. The summed E-state index contributed by atoms with van der Waals surface area (Å²) in [5, 5.41) is 0.968. The maximum Gasteiger partial charge on any atom is 0.140 e. The van der Waals surface area contributed by atoms with E-state index in [0.717, 1.165) is 22.3 Å². The number of pyridine rings is 1. The summed E-state index contributed by atoms with van der Waals surface area (Å²) in [6.45, 7) is 0. The Morgan fingerprint density at radius 3 is 2.76 bits per heavy atom. The number of aromatic nitrogens is 3. The molecule has 0 fully saturated rings. The normalized spacial score (nSPS) is 10.6. The maximum absolute atomic E-state index is 5.29. The molecule has 3 nitrogen and oxygen atoms in total. The third-order valence-corrected chi connectivity index (χ3v) is 2.87. The molecule has 4 heteroatoms. The molecule has 0 saturated carbocycles. The molecule has 0 aliphatic heterocycles. The molecule has 0 aliphatic rings. The lowest BCUT2D eigenvalue weighted by atomic mass is 10.2. The molecule has 2 heterocycles. The lowest BCUT2D eigenvalue weighted by Gasteiger charge is -2.03. The molecule has 0 amide bonds. The van der Waals surface area contributed by atoms with Crippen LogP contribution in [0.25, 0.3) is 22.3 Å². The Labute approximate surface area is 103 Å². The van der Waals surface area contributed by atoms with Gasteiger partial charge in [-0.05, 0) is 24.3 Å². The average molecular weight is 239 g/mol. The second-order valence-corrected chi connectivity index (χ2v) is 4.06. The average Bonchev–Trinajstić information content (AvgIpc) is 2.40. The first-order valence-electron chi connectivity index (χ1n) is 5.24. The van der Waals surface area contributed by atoms with Crippen molar-refractivity contribution in [2.75, 3.05) is 0 Å².